The first-order valence-corrected chi connectivity index (χ1v) is 7.98. The molecule has 1 unspecified atom stereocenters. The zero-order chi connectivity index (χ0) is 13.4. The van der Waals surface area contributed by atoms with Gasteiger partial charge in [-0.05, 0) is 19.3 Å². The maximum atomic E-state index is 12.9. The Balaban J connectivity index is 1.83. The molecule has 1 heterocycles. The predicted octanol–water partition coefficient (Wildman–Crippen LogP) is 1.12. The fourth-order valence-corrected chi connectivity index (χ4v) is 4.20. The van der Waals surface area contributed by atoms with Crippen LogP contribution in [-0.4, -0.2) is 37.8 Å². The molecule has 0 radical (unpaired) electrons. The minimum atomic E-state index is -3.03. The number of carbonyl (C=O) groups excluding carboxylic acids is 1. The van der Waals surface area contributed by atoms with Gasteiger partial charge in [-0.15, -0.1) is 0 Å². The van der Waals surface area contributed by atoms with E-state index in [1.54, 1.807) is 0 Å². The van der Waals surface area contributed by atoms with Gasteiger partial charge in [0.05, 0.1) is 11.5 Å². The van der Waals surface area contributed by atoms with Crippen LogP contribution >= 0.6 is 0 Å². The largest absolute Gasteiger partial charge is 0.352 e. The molecule has 0 aromatic heterocycles. The van der Waals surface area contributed by atoms with Gasteiger partial charge in [-0.1, -0.05) is 0 Å². The second-order valence-electron chi connectivity index (χ2n) is 5.24. The van der Waals surface area contributed by atoms with Crippen LogP contribution in [-0.2, 0) is 14.6 Å². The van der Waals surface area contributed by atoms with E-state index in [1.165, 1.54) is 0 Å². The van der Waals surface area contributed by atoms with Crippen molar-refractivity contribution in [2.24, 2.45) is 5.92 Å². The van der Waals surface area contributed by atoms with Crippen molar-refractivity contribution in [2.45, 2.75) is 44.1 Å². The summed E-state index contributed by atoms with van der Waals surface area (Å²) in [5, 5.41) is 2.67. The third-order valence-corrected chi connectivity index (χ3v) is 5.43. The van der Waals surface area contributed by atoms with Crippen LogP contribution in [0, 0.1) is 5.92 Å². The molecule has 0 bridgehead atoms. The first kappa shape index (κ1) is 13.7. The molecule has 1 saturated carbocycles. The highest BCUT2D eigenvalue weighted by atomic mass is 32.2. The van der Waals surface area contributed by atoms with Gasteiger partial charge in [0, 0.05) is 24.8 Å². The highest BCUT2D eigenvalue weighted by Crippen LogP contribution is 2.36. The Morgan fingerprint density at radius 2 is 1.78 bits per heavy atom. The van der Waals surface area contributed by atoms with Crippen molar-refractivity contribution in [3.63, 3.8) is 0 Å². The van der Waals surface area contributed by atoms with Crippen molar-refractivity contribution in [3.8, 4) is 0 Å². The molecule has 18 heavy (non-hydrogen) atoms. The normalized spacial score (nSPS) is 31.1. The standard InChI is InChI=1S/C11H17F2NO3S/c12-11(13)4-1-8(2-5-11)10(15)14-9-3-6-18(16,17)7-9/h8-9H,1-7H2,(H,14,15). The average molecular weight is 281 g/mol. The molecule has 1 saturated heterocycles. The molecule has 1 aliphatic carbocycles. The number of carbonyl (C=O) groups is 1. The summed E-state index contributed by atoms with van der Waals surface area (Å²) in [4.78, 5) is 11.8. The molecule has 2 rings (SSSR count). The van der Waals surface area contributed by atoms with Crippen LogP contribution in [0.5, 0.6) is 0 Å². The second kappa shape index (κ2) is 4.75. The first-order chi connectivity index (χ1) is 8.27. The SMILES string of the molecule is O=C(NC1CCS(=O)(=O)C1)C1CCC(F)(F)CC1. The summed E-state index contributed by atoms with van der Waals surface area (Å²) in [6.45, 7) is 0. The summed E-state index contributed by atoms with van der Waals surface area (Å²) >= 11 is 0. The van der Waals surface area contributed by atoms with Gasteiger partial charge in [0.2, 0.25) is 11.8 Å². The minimum absolute atomic E-state index is 0.0262. The Bertz CT molecular complexity index is 426. The summed E-state index contributed by atoms with van der Waals surface area (Å²) in [5.74, 6) is -3.24. The molecule has 1 N–H and O–H groups in total. The van der Waals surface area contributed by atoms with Crippen molar-refractivity contribution in [2.75, 3.05) is 11.5 Å². The molecule has 2 aliphatic rings. The third-order valence-electron chi connectivity index (χ3n) is 3.67. The van der Waals surface area contributed by atoms with Crippen LogP contribution in [0.15, 0.2) is 0 Å². The van der Waals surface area contributed by atoms with Gasteiger partial charge in [-0.2, -0.15) is 0 Å². The van der Waals surface area contributed by atoms with Crippen LogP contribution in [0.2, 0.25) is 0 Å². The Morgan fingerprint density at radius 1 is 1.17 bits per heavy atom. The molecule has 0 aromatic rings. The monoisotopic (exact) mass is 281 g/mol. The van der Waals surface area contributed by atoms with E-state index in [4.69, 9.17) is 0 Å². The Kier molecular flexibility index (Phi) is 3.62. The molecule has 1 amide bonds. The fourth-order valence-electron chi connectivity index (χ4n) is 2.53. The molecule has 0 spiro atoms. The second-order valence-corrected chi connectivity index (χ2v) is 7.47. The minimum Gasteiger partial charge on any atom is -0.352 e. The Hall–Kier alpha value is -0.720. The van der Waals surface area contributed by atoms with Crippen LogP contribution < -0.4 is 5.32 Å². The van der Waals surface area contributed by atoms with E-state index in [-0.39, 0.29) is 49.1 Å². The quantitative estimate of drug-likeness (QED) is 0.825. The molecular weight excluding hydrogens is 264 g/mol. The number of rotatable bonds is 2. The lowest BCUT2D eigenvalue weighted by Crippen LogP contribution is -2.41. The van der Waals surface area contributed by atoms with Gasteiger partial charge in [0.25, 0.3) is 0 Å². The van der Waals surface area contributed by atoms with Gasteiger partial charge >= 0.3 is 0 Å². The number of halogens is 2. The number of amides is 1. The topological polar surface area (TPSA) is 63.2 Å². The van der Waals surface area contributed by atoms with Crippen LogP contribution in [0.25, 0.3) is 0 Å². The number of hydrogen-bond donors (Lipinski definition) is 1. The van der Waals surface area contributed by atoms with Crippen LogP contribution in [0.1, 0.15) is 32.1 Å². The smallest absolute Gasteiger partial charge is 0.248 e. The first-order valence-electron chi connectivity index (χ1n) is 6.16. The summed E-state index contributed by atoms with van der Waals surface area (Å²) in [6.07, 6.45) is 0.273. The summed E-state index contributed by atoms with van der Waals surface area (Å²) in [7, 11) is -3.03. The van der Waals surface area contributed by atoms with Gasteiger partial charge < -0.3 is 5.32 Å². The lowest BCUT2D eigenvalue weighted by atomic mass is 9.86. The zero-order valence-electron chi connectivity index (χ0n) is 9.99. The van der Waals surface area contributed by atoms with E-state index in [0.717, 1.165) is 0 Å². The third kappa shape index (κ3) is 3.40. The average Bonchev–Trinajstić information content (AvgIpc) is 2.57. The van der Waals surface area contributed by atoms with Crippen molar-refractivity contribution >= 4 is 15.7 Å². The van der Waals surface area contributed by atoms with Gasteiger partial charge in [0.1, 0.15) is 0 Å². The lowest BCUT2D eigenvalue weighted by Gasteiger charge is -2.28. The number of nitrogens with one attached hydrogen (secondary N) is 1. The van der Waals surface area contributed by atoms with E-state index in [9.17, 15) is 22.0 Å². The zero-order valence-corrected chi connectivity index (χ0v) is 10.8. The molecule has 7 heteroatoms. The van der Waals surface area contributed by atoms with Crippen LogP contribution in [0.3, 0.4) is 0 Å². The summed E-state index contributed by atoms with van der Waals surface area (Å²) in [5.41, 5.74) is 0. The van der Waals surface area contributed by atoms with Crippen molar-refractivity contribution in [1.29, 1.82) is 0 Å². The lowest BCUT2D eigenvalue weighted by molar-refractivity contribution is -0.129. The maximum absolute atomic E-state index is 12.9. The van der Waals surface area contributed by atoms with E-state index in [2.05, 4.69) is 5.32 Å². The highest BCUT2D eigenvalue weighted by molar-refractivity contribution is 7.91. The molecule has 1 aliphatic heterocycles. The summed E-state index contributed by atoms with van der Waals surface area (Å²) in [6, 6.07) is -0.343. The van der Waals surface area contributed by atoms with Crippen molar-refractivity contribution in [3.05, 3.63) is 0 Å². The van der Waals surface area contributed by atoms with E-state index >= 15 is 0 Å². The molecule has 0 aromatic carbocycles. The summed E-state index contributed by atoms with van der Waals surface area (Å²) < 4.78 is 48.3. The van der Waals surface area contributed by atoms with E-state index < -0.39 is 21.7 Å². The Morgan fingerprint density at radius 3 is 2.28 bits per heavy atom. The van der Waals surface area contributed by atoms with Gasteiger partial charge in [-0.3, -0.25) is 4.79 Å². The van der Waals surface area contributed by atoms with Crippen molar-refractivity contribution in [1.82, 2.24) is 5.32 Å². The van der Waals surface area contributed by atoms with E-state index in [0.29, 0.717) is 6.42 Å². The number of sulfone groups is 1. The van der Waals surface area contributed by atoms with Gasteiger partial charge in [-0.25, -0.2) is 17.2 Å². The fraction of sp³-hybridized carbons (Fsp3) is 0.909. The van der Waals surface area contributed by atoms with Crippen LogP contribution in [0.4, 0.5) is 8.78 Å². The molecule has 104 valence electrons. The predicted molar refractivity (Wildman–Crippen MR) is 62.1 cm³/mol. The number of alkyl halides is 2. The maximum Gasteiger partial charge on any atom is 0.248 e. The molecule has 1 atom stereocenters. The van der Waals surface area contributed by atoms with E-state index in [1.807, 2.05) is 0 Å². The highest BCUT2D eigenvalue weighted by Gasteiger charge is 2.38. The van der Waals surface area contributed by atoms with Crippen molar-refractivity contribution < 1.29 is 22.0 Å². The van der Waals surface area contributed by atoms with Gasteiger partial charge in [0.15, 0.2) is 9.84 Å². The molecular formula is C11H17F2NO3S. The molecule has 2 fully saturated rings. The number of hydrogen-bond acceptors (Lipinski definition) is 3. The Labute approximate surface area is 105 Å². The molecule has 4 nitrogen and oxygen atoms in total.